The summed E-state index contributed by atoms with van der Waals surface area (Å²) in [7, 11) is -5.70. The first-order valence-corrected chi connectivity index (χ1v) is 13.1. The molecule has 0 amide bonds. The van der Waals surface area contributed by atoms with Crippen molar-refractivity contribution >= 4 is 49.5 Å². The Morgan fingerprint density at radius 3 is 2.66 bits per heavy atom. The molecule has 1 N–H and O–H groups in total. The molecule has 2 heterocycles. The fourth-order valence-electron chi connectivity index (χ4n) is 3.45. The van der Waals surface area contributed by atoms with E-state index in [2.05, 4.69) is 20.4 Å². The summed E-state index contributed by atoms with van der Waals surface area (Å²) >= 11 is 0.785. The fraction of sp³-hybridized carbons (Fsp3) is 0.550. The van der Waals surface area contributed by atoms with E-state index in [1.165, 1.54) is 12.1 Å². The van der Waals surface area contributed by atoms with E-state index in [4.69, 9.17) is 4.74 Å². The second kappa shape index (κ2) is 10.4. The number of carbonyl (C=O) groups is 1. The van der Waals surface area contributed by atoms with Gasteiger partial charge < -0.3 is 9.64 Å². The van der Waals surface area contributed by atoms with E-state index in [9.17, 15) is 26.4 Å². The van der Waals surface area contributed by atoms with Gasteiger partial charge in [0, 0.05) is 18.3 Å². The molecule has 1 aromatic heterocycles. The molecule has 0 saturated heterocycles. The number of alkyl halides is 3. The molecule has 0 aliphatic carbocycles. The van der Waals surface area contributed by atoms with Crippen molar-refractivity contribution in [2.24, 2.45) is 10.2 Å². The van der Waals surface area contributed by atoms with E-state index in [-0.39, 0.29) is 33.7 Å². The minimum Gasteiger partial charge on any atom is -0.457 e. The van der Waals surface area contributed by atoms with Crippen LogP contribution in [0, 0.1) is 0 Å². The predicted octanol–water partition coefficient (Wildman–Crippen LogP) is 5.33. The number of anilines is 2. The highest BCUT2D eigenvalue weighted by Crippen LogP contribution is 2.40. The number of sulfonamides is 1. The minimum atomic E-state index is -5.70. The number of rotatable bonds is 8. The summed E-state index contributed by atoms with van der Waals surface area (Å²) in [5.74, 6) is -0.681. The van der Waals surface area contributed by atoms with Crippen molar-refractivity contribution in [2.45, 2.75) is 64.6 Å². The first kappa shape index (κ1) is 26.8. The second-order valence-corrected chi connectivity index (χ2v) is 10.6. The van der Waals surface area contributed by atoms with Crippen molar-refractivity contribution < 1.29 is 31.1 Å². The number of hydrogen-bond acceptors (Lipinski definition) is 10. The number of hydrogen-bond donors (Lipinski definition) is 1. The third kappa shape index (κ3) is 6.07. The van der Waals surface area contributed by atoms with Crippen LogP contribution in [-0.4, -0.2) is 48.8 Å². The van der Waals surface area contributed by atoms with E-state index in [0.29, 0.717) is 25.1 Å². The van der Waals surface area contributed by atoms with E-state index >= 15 is 0 Å². The summed E-state index contributed by atoms with van der Waals surface area (Å²) in [6.07, 6.45) is 1.73. The Bertz CT molecular complexity index is 1220. The van der Waals surface area contributed by atoms with E-state index in [0.717, 1.165) is 23.3 Å². The van der Waals surface area contributed by atoms with Gasteiger partial charge in [0.25, 0.3) is 5.13 Å². The molecule has 10 nitrogen and oxygen atoms in total. The van der Waals surface area contributed by atoms with Crippen LogP contribution in [0.4, 0.5) is 35.4 Å². The summed E-state index contributed by atoms with van der Waals surface area (Å²) in [6.45, 7) is 8.04. The van der Waals surface area contributed by atoms with E-state index in [1.807, 2.05) is 25.7 Å². The van der Waals surface area contributed by atoms with Crippen LogP contribution in [0.2, 0.25) is 0 Å². The Labute approximate surface area is 204 Å². The quantitative estimate of drug-likeness (QED) is 0.358. The molecule has 1 aliphatic heterocycles. The highest BCUT2D eigenvalue weighted by atomic mass is 32.2. The van der Waals surface area contributed by atoms with Crippen molar-refractivity contribution in [1.29, 1.82) is 0 Å². The molecule has 192 valence electrons. The molecule has 0 fully saturated rings. The number of nitrogens with zero attached hydrogens (tertiary/aromatic N) is 5. The Hall–Kier alpha value is -2.81. The zero-order valence-corrected chi connectivity index (χ0v) is 21.1. The lowest BCUT2D eigenvalue weighted by Crippen LogP contribution is -2.37. The van der Waals surface area contributed by atoms with Crippen LogP contribution in [-0.2, 0) is 21.2 Å². The van der Waals surface area contributed by atoms with Crippen molar-refractivity contribution in [1.82, 2.24) is 10.2 Å². The van der Waals surface area contributed by atoms with Crippen LogP contribution >= 0.6 is 11.3 Å². The maximum absolute atomic E-state index is 13.1. The lowest BCUT2D eigenvalue weighted by molar-refractivity contribution is -0.0429. The number of fused-ring (bicyclic) bond motifs is 1. The average molecular weight is 535 g/mol. The molecule has 2 atom stereocenters. The molecule has 0 bridgehead atoms. The van der Waals surface area contributed by atoms with Gasteiger partial charge in [-0.3, -0.25) is 4.72 Å². The molecule has 35 heavy (non-hydrogen) atoms. The summed E-state index contributed by atoms with van der Waals surface area (Å²) in [5.41, 5.74) is -4.60. The van der Waals surface area contributed by atoms with Gasteiger partial charge in [0.2, 0.25) is 5.01 Å². The maximum atomic E-state index is 13.1. The Balaban J connectivity index is 1.98. The topological polar surface area (TPSA) is 126 Å². The first-order chi connectivity index (χ1) is 16.4. The average Bonchev–Trinajstić information content (AvgIpc) is 3.26. The molecule has 0 saturated carbocycles. The molecule has 3 rings (SSSR count). The molecular formula is C20H25F3N6O4S2. The van der Waals surface area contributed by atoms with Crippen LogP contribution in [0.15, 0.2) is 22.4 Å². The Morgan fingerprint density at radius 2 is 2.03 bits per heavy atom. The standard InChI is InChI=1S/C20H25F3N6O4S2/c1-5-12(4)33-18(30)17-25-27-19(34-17)26-24-14-9-13-8-7-11(3)29(6-2)16(13)10-15(14)28-35(31,32)20(21,22)23/h9-12,28H,5-8H2,1-4H3. The summed E-state index contributed by atoms with van der Waals surface area (Å²) in [5, 5.41) is 15.1. The SMILES string of the molecule is CCC(C)OC(=O)c1nnc(N=Nc2cc3c(cc2NS(=O)(=O)C(F)(F)F)N(CC)C(C)CC3)s1. The molecule has 0 radical (unpaired) electrons. The van der Waals surface area contributed by atoms with Crippen LogP contribution < -0.4 is 9.62 Å². The number of ether oxygens (including phenoxy) is 1. The number of nitrogens with one attached hydrogen (secondary N) is 1. The van der Waals surface area contributed by atoms with Gasteiger partial charge in [-0.15, -0.1) is 20.4 Å². The van der Waals surface area contributed by atoms with Crippen LogP contribution in [0.3, 0.4) is 0 Å². The third-order valence-corrected chi connectivity index (χ3v) is 7.36. The van der Waals surface area contributed by atoms with Gasteiger partial charge in [0.15, 0.2) is 0 Å². The molecule has 2 unspecified atom stereocenters. The van der Waals surface area contributed by atoms with Crippen LogP contribution in [0.1, 0.15) is 55.9 Å². The molecular weight excluding hydrogens is 509 g/mol. The predicted molar refractivity (Wildman–Crippen MR) is 125 cm³/mol. The number of carbonyl (C=O) groups excluding carboxylic acids is 1. The van der Waals surface area contributed by atoms with Gasteiger partial charge in [-0.05, 0) is 57.7 Å². The van der Waals surface area contributed by atoms with E-state index in [1.54, 1.807) is 11.6 Å². The van der Waals surface area contributed by atoms with Crippen molar-refractivity contribution in [3.8, 4) is 0 Å². The van der Waals surface area contributed by atoms with Crippen LogP contribution in [0.5, 0.6) is 0 Å². The molecule has 15 heteroatoms. The minimum absolute atomic E-state index is 0.0488. The van der Waals surface area contributed by atoms with Gasteiger partial charge in [-0.2, -0.15) is 21.6 Å². The van der Waals surface area contributed by atoms with Crippen molar-refractivity contribution in [3.63, 3.8) is 0 Å². The lowest BCUT2D eigenvalue weighted by Gasteiger charge is -2.36. The molecule has 1 aliphatic rings. The Morgan fingerprint density at radius 1 is 1.31 bits per heavy atom. The number of esters is 1. The van der Waals surface area contributed by atoms with Gasteiger partial charge in [-0.1, -0.05) is 18.3 Å². The van der Waals surface area contributed by atoms with Crippen LogP contribution in [0.25, 0.3) is 0 Å². The number of aromatic nitrogens is 2. The van der Waals surface area contributed by atoms with Gasteiger partial charge in [-0.25, -0.2) is 4.79 Å². The Kier molecular flexibility index (Phi) is 7.99. The molecule has 1 aromatic carbocycles. The lowest BCUT2D eigenvalue weighted by atomic mass is 9.95. The van der Waals surface area contributed by atoms with Gasteiger partial charge >= 0.3 is 21.5 Å². The third-order valence-electron chi connectivity index (χ3n) is 5.47. The highest BCUT2D eigenvalue weighted by Gasteiger charge is 2.46. The number of azo groups is 1. The van der Waals surface area contributed by atoms with E-state index < -0.39 is 21.5 Å². The molecule has 2 aromatic rings. The normalized spacial score (nSPS) is 17.3. The number of halogens is 3. The first-order valence-electron chi connectivity index (χ1n) is 10.8. The highest BCUT2D eigenvalue weighted by molar-refractivity contribution is 7.93. The fourth-order valence-corrected chi connectivity index (χ4v) is 4.56. The summed E-state index contributed by atoms with van der Waals surface area (Å²) in [4.78, 5) is 14.1. The zero-order chi connectivity index (χ0) is 26.0. The largest absolute Gasteiger partial charge is 0.516 e. The second-order valence-electron chi connectivity index (χ2n) is 7.94. The monoisotopic (exact) mass is 534 g/mol. The smallest absolute Gasteiger partial charge is 0.457 e. The number of aryl methyl sites for hydroxylation is 1. The molecule has 0 spiro atoms. The zero-order valence-electron chi connectivity index (χ0n) is 19.5. The van der Waals surface area contributed by atoms with Gasteiger partial charge in [0.1, 0.15) is 5.69 Å². The summed E-state index contributed by atoms with van der Waals surface area (Å²) < 4.78 is 69.6. The van der Waals surface area contributed by atoms with Crippen molar-refractivity contribution in [2.75, 3.05) is 16.2 Å². The maximum Gasteiger partial charge on any atom is 0.516 e. The van der Waals surface area contributed by atoms with Crippen molar-refractivity contribution in [3.05, 3.63) is 22.7 Å². The number of benzene rings is 1. The summed E-state index contributed by atoms with van der Waals surface area (Å²) in [6, 6.07) is 2.96. The van der Waals surface area contributed by atoms with Gasteiger partial charge in [0.05, 0.1) is 11.8 Å².